The molecule has 1 rings (SSSR count). The molecule has 0 aliphatic rings. The quantitative estimate of drug-likeness (QED) is 0.899. The molecule has 0 saturated carbocycles. The molecule has 7 heteroatoms. The first-order valence-electron chi connectivity index (χ1n) is 5.39. The molecule has 0 fully saturated rings. The highest BCUT2D eigenvalue weighted by molar-refractivity contribution is 5.92. The fourth-order valence-corrected chi connectivity index (χ4v) is 1.48. The van der Waals surface area contributed by atoms with Crippen LogP contribution in [0.5, 0.6) is 0 Å². The van der Waals surface area contributed by atoms with E-state index in [9.17, 15) is 22.8 Å². The number of hydrogen-bond acceptors (Lipinski definition) is 2. The molecule has 4 nitrogen and oxygen atoms in total. The van der Waals surface area contributed by atoms with E-state index >= 15 is 0 Å². The van der Waals surface area contributed by atoms with E-state index in [2.05, 4.69) is 4.98 Å². The number of amides is 1. The summed E-state index contributed by atoms with van der Waals surface area (Å²) in [7, 11) is 0. The van der Waals surface area contributed by atoms with E-state index < -0.39 is 24.2 Å². The Labute approximate surface area is 101 Å². The molecule has 1 aromatic heterocycles. The van der Waals surface area contributed by atoms with Crippen LogP contribution in [0.4, 0.5) is 13.2 Å². The number of carbonyl (C=O) groups is 1. The topological polar surface area (TPSA) is 53.2 Å². The lowest BCUT2D eigenvalue weighted by atomic mass is 10.3. The fourth-order valence-electron chi connectivity index (χ4n) is 1.48. The minimum absolute atomic E-state index is 0.0186. The molecule has 0 aliphatic heterocycles. The van der Waals surface area contributed by atoms with E-state index in [4.69, 9.17) is 0 Å². The molecule has 0 saturated heterocycles. The Balaban J connectivity index is 2.92. The monoisotopic (exact) mass is 262 g/mol. The summed E-state index contributed by atoms with van der Waals surface area (Å²) < 4.78 is 37.0. The largest absolute Gasteiger partial charge is 0.406 e. The van der Waals surface area contributed by atoms with Gasteiger partial charge in [0.1, 0.15) is 12.2 Å². The van der Waals surface area contributed by atoms with Crippen LogP contribution in [0.15, 0.2) is 23.0 Å². The Morgan fingerprint density at radius 1 is 1.39 bits per heavy atom. The smallest absolute Gasteiger partial charge is 0.328 e. The average molecular weight is 262 g/mol. The van der Waals surface area contributed by atoms with Gasteiger partial charge in [-0.2, -0.15) is 13.2 Å². The van der Waals surface area contributed by atoms with E-state index in [1.54, 1.807) is 6.92 Å². The van der Waals surface area contributed by atoms with E-state index in [1.807, 2.05) is 0 Å². The van der Waals surface area contributed by atoms with Crippen LogP contribution in [0.1, 0.15) is 23.8 Å². The lowest BCUT2D eigenvalue weighted by molar-refractivity contribution is -0.140. The Kier molecular flexibility index (Phi) is 4.52. The van der Waals surface area contributed by atoms with Gasteiger partial charge in [-0.3, -0.25) is 9.59 Å². The molecule has 0 bridgehead atoms. The molecule has 100 valence electrons. The highest BCUT2D eigenvalue weighted by atomic mass is 19.4. The minimum Gasteiger partial charge on any atom is -0.328 e. The standard InChI is InChI=1S/C11H13F3N2O2/c1-2-6-16(7-11(12,13)14)10(18)8-4-3-5-9(17)15-8/h3-5H,2,6-7H2,1H3,(H,15,17). The van der Waals surface area contributed by atoms with Gasteiger partial charge in [-0.15, -0.1) is 0 Å². The molecule has 0 atom stereocenters. The summed E-state index contributed by atoms with van der Waals surface area (Å²) in [6.07, 6.45) is -4.06. The maximum absolute atomic E-state index is 12.3. The highest BCUT2D eigenvalue weighted by Gasteiger charge is 2.33. The number of nitrogens with one attached hydrogen (secondary N) is 1. The maximum Gasteiger partial charge on any atom is 0.406 e. The van der Waals surface area contributed by atoms with Crippen molar-refractivity contribution in [1.29, 1.82) is 0 Å². The zero-order valence-corrected chi connectivity index (χ0v) is 9.75. The summed E-state index contributed by atoms with van der Waals surface area (Å²) in [5.74, 6) is -0.827. The van der Waals surface area contributed by atoms with Gasteiger partial charge in [-0.1, -0.05) is 13.0 Å². The van der Waals surface area contributed by atoms with Gasteiger partial charge in [0.15, 0.2) is 0 Å². The summed E-state index contributed by atoms with van der Waals surface area (Å²) in [5, 5.41) is 0. The third kappa shape index (κ3) is 4.23. The predicted octanol–water partition coefficient (Wildman–Crippen LogP) is 1.79. The van der Waals surface area contributed by atoms with E-state index in [0.717, 1.165) is 0 Å². The SMILES string of the molecule is CCCN(CC(F)(F)F)C(=O)c1cccc(=O)[nH]1. The van der Waals surface area contributed by atoms with Gasteiger partial charge in [0.25, 0.3) is 5.91 Å². The first-order chi connectivity index (χ1) is 8.33. The summed E-state index contributed by atoms with van der Waals surface area (Å²) >= 11 is 0. The average Bonchev–Trinajstić information content (AvgIpc) is 2.26. The number of rotatable bonds is 4. The van der Waals surface area contributed by atoms with Gasteiger partial charge in [0, 0.05) is 12.6 Å². The molecular formula is C11H13F3N2O2. The first-order valence-corrected chi connectivity index (χ1v) is 5.39. The second-order valence-corrected chi connectivity index (χ2v) is 3.77. The third-order valence-electron chi connectivity index (χ3n) is 2.15. The van der Waals surface area contributed by atoms with Crippen molar-refractivity contribution in [1.82, 2.24) is 9.88 Å². The van der Waals surface area contributed by atoms with Crippen molar-refractivity contribution in [3.63, 3.8) is 0 Å². The summed E-state index contributed by atoms with van der Waals surface area (Å²) in [4.78, 5) is 25.7. The molecule has 0 unspecified atom stereocenters. The number of carbonyl (C=O) groups excluding carboxylic acids is 1. The molecule has 1 heterocycles. The van der Waals surface area contributed by atoms with Crippen LogP contribution in [0.2, 0.25) is 0 Å². The van der Waals surface area contributed by atoms with Crippen molar-refractivity contribution >= 4 is 5.91 Å². The van der Waals surface area contributed by atoms with E-state index in [0.29, 0.717) is 11.3 Å². The van der Waals surface area contributed by atoms with Crippen molar-refractivity contribution in [2.24, 2.45) is 0 Å². The molecular weight excluding hydrogens is 249 g/mol. The highest BCUT2D eigenvalue weighted by Crippen LogP contribution is 2.17. The van der Waals surface area contributed by atoms with Gasteiger partial charge in [0.2, 0.25) is 5.56 Å². The third-order valence-corrected chi connectivity index (χ3v) is 2.15. The van der Waals surface area contributed by atoms with Gasteiger partial charge in [-0.05, 0) is 12.5 Å². The van der Waals surface area contributed by atoms with Gasteiger partial charge in [0.05, 0.1) is 0 Å². The lowest BCUT2D eigenvalue weighted by Crippen LogP contribution is -2.40. The number of aromatic amines is 1. The summed E-state index contributed by atoms with van der Waals surface area (Å²) in [6.45, 7) is 0.330. The first kappa shape index (κ1) is 14.3. The number of aromatic nitrogens is 1. The Hall–Kier alpha value is -1.79. The summed E-state index contributed by atoms with van der Waals surface area (Å²) in [6, 6.07) is 3.79. The van der Waals surface area contributed by atoms with Crippen LogP contribution in [-0.4, -0.2) is 35.1 Å². The van der Waals surface area contributed by atoms with Crippen LogP contribution in [-0.2, 0) is 0 Å². The number of H-pyrrole nitrogens is 1. The molecule has 1 N–H and O–H groups in total. The zero-order chi connectivity index (χ0) is 13.8. The Morgan fingerprint density at radius 2 is 2.06 bits per heavy atom. The van der Waals surface area contributed by atoms with Gasteiger partial charge < -0.3 is 9.88 Å². The van der Waals surface area contributed by atoms with Crippen molar-refractivity contribution in [2.45, 2.75) is 19.5 Å². The normalized spacial score (nSPS) is 11.3. The Morgan fingerprint density at radius 3 is 2.56 bits per heavy atom. The fraction of sp³-hybridized carbons (Fsp3) is 0.455. The number of hydrogen-bond donors (Lipinski definition) is 1. The maximum atomic E-state index is 12.3. The van der Waals surface area contributed by atoms with Crippen LogP contribution >= 0.6 is 0 Å². The second-order valence-electron chi connectivity index (χ2n) is 3.77. The molecule has 0 aliphatic carbocycles. The summed E-state index contributed by atoms with van der Waals surface area (Å²) in [5.41, 5.74) is -0.662. The molecule has 0 aromatic carbocycles. The number of pyridine rings is 1. The zero-order valence-electron chi connectivity index (χ0n) is 9.75. The number of halogens is 3. The van der Waals surface area contributed by atoms with Crippen molar-refractivity contribution < 1.29 is 18.0 Å². The van der Waals surface area contributed by atoms with Crippen LogP contribution in [0, 0.1) is 0 Å². The predicted molar refractivity (Wildman–Crippen MR) is 59.3 cm³/mol. The van der Waals surface area contributed by atoms with Crippen LogP contribution in [0.25, 0.3) is 0 Å². The van der Waals surface area contributed by atoms with E-state index in [1.165, 1.54) is 18.2 Å². The molecule has 0 spiro atoms. The molecule has 1 amide bonds. The molecule has 0 radical (unpaired) electrons. The van der Waals surface area contributed by atoms with Crippen LogP contribution in [0.3, 0.4) is 0 Å². The van der Waals surface area contributed by atoms with Gasteiger partial charge >= 0.3 is 6.18 Å². The second kappa shape index (κ2) is 5.70. The van der Waals surface area contributed by atoms with E-state index in [-0.39, 0.29) is 12.2 Å². The molecule has 1 aromatic rings. The number of nitrogens with zero attached hydrogens (tertiary/aromatic N) is 1. The van der Waals surface area contributed by atoms with Crippen molar-refractivity contribution in [3.05, 3.63) is 34.2 Å². The van der Waals surface area contributed by atoms with Crippen molar-refractivity contribution in [2.75, 3.05) is 13.1 Å². The lowest BCUT2D eigenvalue weighted by Gasteiger charge is -2.23. The minimum atomic E-state index is -4.46. The Bertz CT molecular complexity index is 468. The van der Waals surface area contributed by atoms with Crippen molar-refractivity contribution in [3.8, 4) is 0 Å². The number of alkyl halides is 3. The van der Waals surface area contributed by atoms with Crippen LogP contribution < -0.4 is 5.56 Å². The van der Waals surface area contributed by atoms with Gasteiger partial charge in [-0.25, -0.2) is 0 Å². The molecule has 18 heavy (non-hydrogen) atoms.